The Kier molecular flexibility index (Phi) is 3.96. The Balaban J connectivity index is 2.58. The molecular weight excluding hydrogens is 282 g/mol. The Morgan fingerprint density at radius 2 is 1.90 bits per heavy atom. The molecule has 0 radical (unpaired) electrons. The molecule has 8 heteroatoms. The van der Waals surface area contributed by atoms with Crippen LogP contribution in [-0.2, 0) is 9.84 Å². The molecule has 0 saturated carbocycles. The van der Waals surface area contributed by atoms with Crippen molar-refractivity contribution in [3.63, 3.8) is 0 Å². The zero-order valence-corrected chi connectivity index (χ0v) is 12.2. The van der Waals surface area contributed by atoms with Crippen LogP contribution in [0.1, 0.15) is 5.56 Å². The van der Waals surface area contributed by atoms with Crippen molar-refractivity contribution in [3.05, 3.63) is 27.8 Å². The average Bonchev–Trinajstić information content (AvgIpc) is 2.37. The first-order valence-corrected chi connectivity index (χ1v) is 8.14. The van der Waals surface area contributed by atoms with Gasteiger partial charge in [0.1, 0.15) is 5.69 Å². The molecule has 1 saturated heterocycles. The maximum atomic E-state index is 11.6. The molecule has 7 nitrogen and oxygen atoms in total. The molecule has 1 aliphatic heterocycles. The van der Waals surface area contributed by atoms with Crippen molar-refractivity contribution in [2.45, 2.75) is 11.8 Å². The first-order valence-electron chi connectivity index (χ1n) is 6.25. The minimum absolute atomic E-state index is 0.0133. The molecule has 1 aromatic carbocycles. The van der Waals surface area contributed by atoms with E-state index in [1.165, 1.54) is 6.07 Å². The Morgan fingerprint density at radius 3 is 2.40 bits per heavy atom. The summed E-state index contributed by atoms with van der Waals surface area (Å²) in [6, 6.07) is 2.65. The predicted molar refractivity (Wildman–Crippen MR) is 76.0 cm³/mol. The average molecular weight is 299 g/mol. The maximum Gasteiger partial charge on any atom is 0.294 e. The largest absolute Gasteiger partial charge is 0.363 e. The van der Waals surface area contributed by atoms with Gasteiger partial charge < -0.3 is 10.2 Å². The van der Waals surface area contributed by atoms with Crippen LogP contribution in [0.15, 0.2) is 17.0 Å². The van der Waals surface area contributed by atoms with Crippen LogP contribution in [0.3, 0.4) is 0 Å². The summed E-state index contributed by atoms with van der Waals surface area (Å²) in [6.07, 6.45) is 1.05. The summed E-state index contributed by atoms with van der Waals surface area (Å²) in [7, 11) is -3.46. The highest BCUT2D eigenvalue weighted by Crippen LogP contribution is 2.34. The highest BCUT2D eigenvalue weighted by molar-refractivity contribution is 7.90. The van der Waals surface area contributed by atoms with Crippen molar-refractivity contribution in [1.29, 1.82) is 0 Å². The van der Waals surface area contributed by atoms with Crippen LogP contribution in [0.4, 0.5) is 11.4 Å². The Labute approximate surface area is 117 Å². The van der Waals surface area contributed by atoms with E-state index < -0.39 is 14.8 Å². The van der Waals surface area contributed by atoms with E-state index >= 15 is 0 Å². The van der Waals surface area contributed by atoms with E-state index in [1.807, 2.05) is 4.90 Å². The van der Waals surface area contributed by atoms with Crippen LogP contribution in [0.25, 0.3) is 0 Å². The number of sulfone groups is 1. The molecule has 0 aliphatic carbocycles. The van der Waals surface area contributed by atoms with Gasteiger partial charge in [0.2, 0.25) is 0 Å². The second-order valence-corrected chi connectivity index (χ2v) is 6.89. The third-order valence-electron chi connectivity index (χ3n) is 3.31. The molecular formula is C12H17N3O4S. The molecule has 0 amide bonds. The number of benzene rings is 1. The van der Waals surface area contributed by atoms with Gasteiger partial charge in [-0.25, -0.2) is 8.42 Å². The summed E-state index contributed by atoms with van der Waals surface area (Å²) in [4.78, 5) is 12.7. The monoisotopic (exact) mass is 299 g/mol. The van der Waals surface area contributed by atoms with Gasteiger partial charge in [0.15, 0.2) is 9.84 Å². The number of nitrogens with one attached hydrogen (secondary N) is 1. The lowest BCUT2D eigenvalue weighted by molar-refractivity contribution is -0.384. The second kappa shape index (κ2) is 5.37. The van der Waals surface area contributed by atoms with Gasteiger partial charge >= 0.3 is 0 Å². The normalized spacial score (nSPS) is 16.2. The molecule has 0 atom stereocenters. The van der Waals surface area contributed by atoms with Crippen LogP contribution in [0, 0.1) is 17.0 Å². The quantitative estimate of drug-likeness (QED) is 0.653. The van der Waals surface area contributed by atoms with Crippen molar-refractivity contribution in [1.82, 2.24) is 5.32 Å². The molecule has 0 unspecified atom stereocenters. The van der Waals surface area contributed by atoms with Gasteiger partial charge in [-0.05, 0) is 18.6 Å². The van der Waals surface area contributed by atoms with E-state index in [0.29, 0.717) is 24.3 Å². The number of hydrogen-bond donors (Lipinski definition) is 1. The number of piperazine rings is 1. The molecule has 1 N–H and O–H groups in total. The minimum Gasteiger partial charge on any atom is -0.363 e. The third kappa shape index (κ3) is 2.91. The number of aryl methyl sites for hydroxylation is 1. The van der Waals surface area contributed by atoms with Gasteiger partial charge in [-0.3, -0.25) is 10.1 Å². The van der Waals surface area contributed by atoms with Crippen LogP contribution in [0.5, 0.6) is 0 Å². The van der Waals surface area contributed by atoms with Gasteiger partial charge in [0.05, 0.1) is 9.82 Å². The molecule has 20 heavy (non-hydrogen) atoms. The lowest BCUT2D eigenvalue weighted by Crippen LogP contribution is -2.44. The van der Waals surface area contributed by atoms with Crippen molar-refractivity contribution >= 4 is 21.2 Å². The van der Waals surface area contributed by atoms with E-state index in [-0.39, 0.29) is 10.6 Å². The summed E-state index contributed by atoms with van der Waals surface area (Å²) in [5, 5.41) is 14.4. The number of anilines is 1. The second-order valence-electron chi connectivity index (χ2n) is 4.87. The minimum atomic E-state index is -3.46. The van der Waals surface area contributed by atoms with E-state index in [9.17, 15) is 18.5 Å². The summed E-state index contributed by atoms with van der Waals surface area (Å²) < 4.78 is 23.2. The van der Waals surface area contributed by atoms with Gasteiger partial charge in [0, 0.05) is 38.5 Å². The van der Waals surface area contributed by atoms with Crippen LogP contribution in [-0.4, -0.2) is 45.8 Å². The highest BCUT2D eigenvalue weighted by Gasteiger charge is 2.26. The molecule has 0 aromatic heterocycles. The van der Waals surface area contributed by atoms with E-state index in [2.05, 4.69) is 5.32 Å². The molecule has 0 spiro atoms. The molecule has 0 bridgehead atoms. The topological polar surface area (TPSA) is 92.5 Å². The smallest absolute Gasteiger partial charge is 0.294 e. The Hall–Kier alpha value is -1.67. The Morgan fingerprint density at radius 1 is 1.30 bits per heavy atom. The molecule has 1 fully saturated rings. The van der Waals surface area contributed by atoms with E-state index in [1.54, 1.807) is 6.92 Å². The molecule has 2 rings (SSSR count). The summed E-state index contributed by atoms with van der Waals surface area (Å²) in [6.45, 7) is 4.55. The first-order chi connectivity index (χ1) is 9.30. The highest BCUT2D eigenvalue weighted by atomic mass is 32.2. The number of rotatable bonds is 3. The fourth-order valence-electron chi connectivity index (χ4n) is 2.38. The fourth-order valence-corrected chi connectivity index (χ4v) is 3.10. The number of nitrogens with zero attached hydrogens (tertiary/aromatic N) is 2. The summed E-state index contributed by atoms with van der Waals surface area (Å²) in [5.74, 6) is 0. The number of nitro groups is 1. The lowest BCUT2D eigenvalue weighted by Gasteiger charge is -2.30. The molecule has 110 valence electrons. The van der Waals surface area contributed by atoms with Crippen molar-refractivity contribution < 1.29 is 13.3 Å². The fraction of sp³-hybridized carbons (Fsp3) is 0.500. The molecule has 1 aromatic rings. The van der Waals surface area contributed by atoms with Gasteiger partial charge in [0.25, 0.3) is 5.69 Å². The van der Waals surface area contributed by atoms with E-state index in [4.69, 9.17) is 0 Å². The molecule has 1 aliphatic rings. The van der Waals surface area contributed by atoms with Crippen molar-refractivity contribution in [2.75, 3.05) is 37.3 Å². The van der Waals surface area contributed by atoms with Crippen LogP contribution >= 0.6 is 0 Å². The van der Waals surface area contributed by atoms with Crippen molar-refractivity contribution in [3.8, 4) is 0 Å². The lowest BCUT2D eigenvalue weighted by atomic mass is 10.1. The number of nitro benzene ring substituents is 1. The maximum absolute atomic E-state index is 11.6. The summed E-state index contributed by atoms with van der Waals surface area (Å²) >= 11 is 0. The zero-order valence-electron chi connectivity index (χ0n) is 11.4. The SMILES string of the molecule is Cc1cc(S(C)(=O)=O)cc([N+](=O)[O-])c1N1CCNCC1. The van der Waals surface area contributed by atoms with Crippen molar-refractivity contribution in [2.24, 2.45) is 0 Å². The predicted octanol–water partition coefficient (Wildman–Crippen LogP) is 0.716. The first kappa shape index (κ1) is 14.7. The van der Waals surface area contributed by atoms with Gasteiger partial charge in [-0.15, -0.1) is 0 Å². The van der Waals surface area contributed by atoms with Gasteiger partial charge in [-0.2, -0.15) is 0 Å². The third-order valence-corrected chi connectivity index (χ3v) is 4.40. The number of hydrogen-bond acceptors (Lipinski definition) is 6. The summed E-state index contributed by atoms with van der Waals surface area (Å²) in [5.41, 5.74) is 0.984. The zero-order chi connectivity index (χ0) is 14.9. The van der Waals surface area contributed by atoms with E-state index in [0.717, 1.165) is 25.4 Å². The molecule has 1 heterocycles. The Bertz CT molecular complexity index is 636. The van der Waals surface area contributed by atoms with Crippen LogP contribution < -0.4 is 10.2 Å². The van der Waals surface area contributed by atoms with Crippen LogP contribution in [0.2, 0.25) is 0 Å². The standard InChI is InChI=1S/C12H17N3O4S/c1-9-7-10(20(2,18)19)8-11(15(16)17)12(9)14-5-3-13-4-6-14/h7-8,13H,3-6H2,1-2H3. The van der Waals surface area contributed by atoms with Gasteiger partial charge in [-0.1, -0.05) is 0 Å².